The average molecular weight is 1160 g/mol. The number of aromatic amines is 1. The van der Waals surface area contributed by atoms with Crippen LogP contribution in [0.4, 0.5) is 8.78 Å². The highest BCUT2D eigenvalue weighted by molar-refractivity contribution is 6.45. The van der Waals surface area contributed by atoms with Crippen molar-refractivity contribution in [2.45, 2.75) is 175 Å². The number of hydrogen-bond acceptors (Lipinski definition) is 9. The first-order chi connectivity index (χ1) is 40.5. The molecule has 0 unspecified atom stereocenters. The van der Waals surface area contributed by atoms with Gasteiger partial charge in [0.25, 0.3) is 5.56 Å². The first-order valence-electron chi connectivity index (χ1n) is 32.1. The zero-order valence-corrected chi connectivity index (χ0v) is 52.2. The van der Waals surface area contributed by atoms with Gasteiger partial charge in [0.05, 0.1) is 5.71 Å². The van der Waals surface area contributed by atoms with Gasteiger partial charge in [-0.2, -0.15) is 0 Å². The Morgan fingerprint density at radius 3 is 2.06 bits per heavy atom. The van der Waals surface area contributed by atoms with Crippen LogP contribution in [0.2, 0.25) is 0 Å². The third-order valence-electron chi connectivity index (χ3n) is 19.7. The molecule has 2 saturated heterocycles. The molecule has 1 aliphatic carbocycles. The van der Waals surface area contributed by atoms with Gasteiger partial charge in [-0.05, 0) is 193 Å². The highest BCUT2D eigenvalue weighted by atomic mass is 19.1. The number of nitrogens with one attached hydrogen (secondary N) is 4. The minimum Gasteiger partial charge on any atom is -0.325 e. The molecular weight excluding hydrogens is 1060 g/mol. The molecule has 1 aromatic heterocycles. The maximum atomic E-state index is 14.2. The number of amides is 1. The lowest BCUT2D eigenvalue weighted by Gasteiger charge is -2.36. The van der Waals surface area contributed by atoms with Crippen LogP contribution in [0.1, 0.15) is 166 Å². The van der Waals surface area contributed by atoms with E-state index in [-0.39, 0.29) is 58.6 Å². The molecule has 13 heteroatoms. The van der Waals surface area contributed by atoms with Crippen LogP contribution in [-0.4, -0.2) is 114 Å². The highest BCUT2D eigenvalue weighted by Crippen LogP contribution is 2.44. The Kier molecular flexibility index (Phi) is 21.3. The number of likely N-dealkylation sites (tertiary alicyclic amines) is 2. The Hall–Kier alpha value is -5.73. The summed E-state index contributed by atoms with van der Waals surface area (Å²) >= 11 is 0. The fraction of sp³-hybridized carbons (Fsp3) is 0.569. The minimum absolute atomic E-state index is 0.0385. The topological polar surface area (TPSA) is 142 Å². The van der Waals surface area contributed by atoms with Gasteiger partial charge in [0.15, 0.2) is 5.78 Å². The molecule has 5 aliphatic heterocycles. The number of carbonyl (C=O) groups is 3. The van der Waals surface area contributed by atoms with E-state index in [1.807, 2.05) is 24.0 Å². The molecular formula is C72H97F2N7O4. The molecule has 9 rings (SSSR count). The lowest BCUT2D eigenvalue weighted by atomic mass is 9.78. The first kappa shape index (κ1) is 63.8. The van der Waals surface area contributed by atoms with Crippen molar-refractivity contribution < 1.29 is 23.2 Å². The van der Waals surface area contributed by atoms with Crippen molar-refractivity contribution >= 4 is 23.2 Å². The summed E-state index contributed by atoms with van der Waals surface area (Å²) in [7, 11) is 0. The number of aryl methyl sites for hydroxylation is 1. The summed E-state index contributed by atoms with van der Waals surface area (Å²) in [5.74, 6) is 1.57. The van der Waals surface area contributed by atoms with Gasteiger partial charge in [0.2, 0.25) is 11.7 Å². The number of rotatable bonds is 21. The standard InChI is InChI=1S/C72H97F2N7O4/c1-47-32-60(37-54-16-21-62(74)22-17-54)70(85)78-69(47)71(5,6)41-48(2)66(82)38-56-13-12-49(3)76-42-58(35-56)45-80-30-26-52(27-31-80)11-9-10-51-24-28-79(29-25-51)44-57-34-55(33-50(4)77-43-57)18-23-67(83)81-46-72(7,8)63-40-64(75)68(84)59(39-65(63)81)36-53-14-19-61(73)20-15-53/h13-17,19-22,32,34,39,49-52,57-58,75-77H,2,9-12,18,23-31,33,35-38,40-46H2,1,3-8H3,(H,78,85)/b56-13-,75-64?/t49-,50-,57-,58-/m1/s1. The number of hydrogen-bond donors (Lipinski definition) is 4. The predicted molar refractivity (Wildman–Crippen MR) is 339 cm³/mol. The Bertz CT molecular complexity index is 3100. The summed E-state index contributed by atoms with van der Waals surface area (Å²) in [6.07, 6.45) is 21.2. The molecule has 2 fully saturated rings. The second kappa shape index (κ2) is 28.4. The van der Waals surface area contributed by atoms with E-state index in [1.54, 1.807) is 24.3 Å². The molecule has 6 heterocycles. The van der Waals surface area contributed by atoms with E-state index in [1.165, 1.54) is 80.4 Å². The molecule has 2 aromatic carbocycles. The molecule has 4 atom stereocenters. The quantitative estimate of drug-likeness (QED) is 0.0610. The van der Waals surface area contributed by atoms with E-state index in [4.69, 9.17) is 5.41 Å². The van der Waals surface area contributed by atoms with E-state index in [0.29, 0.717) is 79.3 Å². The number of piperidine rings is 2. The van der Waals surface area contributed by atoms with Gasteiger partial charge in [0, 0.05) is 110 Å². The fourth-order valence-corrected chi connectivity index (χ4v) is 14.7. The SMILES string of the molecule is C=C(CC(C)(C)c1[nH]c(=O)c(Cc2ccc(F)cc2)cc1C)C(=O)C/C1=C\C[C@@H](C)NC[C@H](CN2CCC(CCCC3CCN(C[C@@H]4C=C(CCC(=O)N5CC(C)(C)C6=C5C=C(Cc5ccc(F)cc5)C(=O)C(=N)C6)C[C@@H](C)NC4)CC3)CC2)C1. The second-order valence-corrected chi connectivity index (χ2v) is 27.9. The molecule has 458 valence electrons. The van der Waals surface area contributed by atoms with Gasteiger partial charge in [-0.15, -0.1) is 0 Å². The number of aromatic nitrogens is 1. The van der Waals surface area contributed by atoms with Crippen LogP contribution in [0.3, 0.4) is 0 Å². The Morgan fingerprint density at radius 2 is 1.41 bits per heavy atom. The summed E-state index contributed by atoms with van der Waals surface area (Å²) in [6.45, 7) is 28.2. The van der Waals surface area contributed by atoms with E-state index in [0.717, 1.165) is 117 Å². The number of carbonyl (C=O) groups excluding carboxylic acids is 3. The van der Waals surface area contributed by atoms with Gasteiger partial charge in [-0.3, -0.25) is 19.2 Å². The Balaban J connectivity index is 0.684. The van der Waals surface area contributed by atoms with Crippen LogP contribution < -0.4 is 16.2 Å². The number of allylic oxidation sites excluding steroid dienone is 4. The number of ketones is 2. The highest BCUT2D eigenvalue weighted by Gasteiger charge is 2.42. The minimum atomic E-state index is -0.510. The average Bonchev–Trinajstić information content (AvgIpc) is 1.94. The maximum absolute atomic E-state index is 14.2. The van der Waals surface area contributed by atoms with Crippen LogP contribution in [0.15, 0.2) is 118 Å². The first-order valence-corrected chi connectivity index (χ1v) is 32.1. The van der Waals surface area contributed by atoms with Crippen LogP contribution in [-0.2, 0) is 32.6 Å². The number of halogens is 2. The molecule has 3 aromatic rings. The van der Waals surface area contributed by atoms with Crippen LogP contribution in [0.25, 0.3) is 0 Å². The predicted octanol–water partition coefficient (Wildman–Crippen LogP) is 12.6. The normalized spacial score (nSPS) is 24.0. The molecule has 0 radical (unpaired) electrons. The van der Waals surface area contributed by atoms with Gasteiger partial charge in [0.1, 0.15) is 11.6 Å². The van der Waals surface area contributed by atoms with E-state index in [2.05, 4.69) is 85.7 Å². The Morgan fingerprint density at radius 1 is 0.800 bits per heavy atom. The molecule has 85 heavy (non-hydrogen) atoms. The van der Waals surface area contributed by atoms with Crippen molar-refractivity contribution in [3.8, 4) is 0 Å². The second-order valence-electron chi connectivity index (χ2n) is 27.9. The molecule has 6 aliphatic rings. The van der Waals surface area contributed by atoms with Crippen molar-refractivity contribution in [1.29, 1.82) is 5.41 Å². The number of pyridine rings is 1. The van der Waals surface area contributed by atoms with Crippen molar-refractivity contribution in [2.75, 3.05) is 58.9 Å². The molecule has 4 N–H and O–H groups in total. The third-order valence-corrected chi connectivity index (χ3v) is 19.7. The zero-order chi connectivity index (χ0) is 60.6. The summed E-state index contributed by atoms with van der Waals surface area (Å²) < 4.78 is 27.2. The van der Waals surface area contributed by atoms with Gasteiger partial charge in [-0.1, -0.05) is 101 Å². The number of benzene rings is 2. The van der Waals surface area contributed by atoms with Crippen LogP contribution in [0, 0.1) is 53.1 Å². The molecule has 0 spiro atoms. The van der Waals surface area contributed by atoms with Crippen molar-refractivity contribution in [3.63, 3.8) is 0 Å². The number of H-pyrrole nitrogens is 1. The lowest BCUT2D eigenvalue weighted by Crippen LogP contribution is -2.42. The van der Waals surface area contributed by atoms with Crippen LogP contribution in [0.5, 0.6) is 0 Å². The number of nitrogens with zero attached hydrogens (tertiary/aromatic N) is 3. The van der Waals surface area contributed by atoms with Crippen molar-refractivity contribution in [3.05, 3.63) is 163 Å². The third kappa shape index (κ3) is 17.3. The van der Waals surface area contributed by atoms with Gasteiger partial charge < -0.3 is 35.7 Å². The summed E-state index contributed by atoms with van der Waals surface area (Å²) in [5, 5.41) is 16.2. The molecule has 11 nitrogen and oxygen atoms in total. The lowest BCUT2D eigenvalue weighted by molar-refractivity contribution is -0.129. The fourth-order valence-electron chi connectivity index (χ4n) is 14.7. The smallest absolute Gasteiger partial charge is 0.251 e. The largest absolute Gasteiger partial charge is 0.325 e. The summed E-state index contributed by atoms with van der Waals surface area (Å²) in [5.41, 5.74) is 8.40. The molecule has 0 saturated carbocycles. The molecule has 0 bridgehead atoms. The van der Waals surface area contributed by atoms with Crippen LogP contribution >= 0.6 is 0 Å². The summed E-state index contributed by atoms with van der Waals surface area (Å²) in [4.78, 5) is 65.3. The monoisotopic (exact) mass is 1160 g/mol. The van der Waals surface area contributed by atoms with Gasteiger partial charge in [-0.25, -0.2) is 8.78 Å². The maximum Gasteiger partial charge on any atom is 0.251 e. The zero-order valence-electron chi connectivity index (χ0n) is 52.2. The Labute approximate surface area is 505 Å². The van der Waals surface area contributed by atoms with E-state index in [9.17, 15) is 28.0 Å². The van der Waals surface area contributed by atoms with E-state index < -0.39 is 5.41 Å². The van der Waals surface area contributed by atoms with Gasteiger partial charge >= 0.3 is 0 Å². The number of Topliss-reactive ketones (excluding diaryl/α,β-unsaturated/α-hetero) is 2. The molecule has 1 amide bonds. The van der Waals surface area contributed by atoms with Crippen molar-refractivity contribution in [1.82, 2.24) is 30.3 Å². The van der Waals surface area contributed by atoms with E-state index >= 15 is 0 Å². The summed E-state index contributed by atoms with van der Waals surface area (Å²) in [6, 6.07) is 15.0. The van der Waals surface area contributed by atoms with Crippen molar-refractivity contribution in [2.24, 2.45) is 29.1 Å².